The van der Waals surface area contributed by atoms with E-state index in [1.54, 1.807) is 13.3 Å². The van der Waals surface area contributed by atoms with Gasteiger partial charge in [0.15, 0.2) is 5.82 Å². The zero-order valence-corrected chi connectivity index (χ0v) is 13.2. The molecule has 0 aliphatic heterocycles. The van der Waals surface area contributed by atoms with Crippen LogP contribution in [-0.4, -0.2) is 17.1 Å². The highest BCUT2D eigenvalue weighted by Gasteiger charge is 2.11. The molecule has 0 aliphatic carbocycles. The van der Waals surface area contributed by atoms with Gasteiger partial charge < -0.3 is 4.74 Å². The summed E-state index contributed by atoms with van der Waals surface area (Å²) in [4.78, 5) is 8.49. The molecule has 1 heterocycles. The summed E-state index contributed by atoms with van der Waals surface area (Å²) in [5.74, 6) is 1.26. The molecule has 0 amide bonds. The van der Waals surface area contributed by atoms with Crippen LogP contribution < -0.4 is 4.74 Å². The van der Waals surface area contributed by atoms with Gasteiger partial charge in [0.2, 0.25) is 0 Å². The van der Waals surface area contributed by atoms with Crippen molar-refractivity contribution in [3.63, 3.8) is 0 Å². The minimum absolute atomic E-state index is 0.442. The fourth-order valence-corrected chi connectivity index (χ4v) is 2.08. The summed E-state index contributed by atoms with van der Waals surface area (Å²) in [6, 6.07) is 5.66. The second kappa shape index (κ2) is 5.49. The average molecular weight is 425 g/mol. The molecule has 1 aromatic carbocycles. The van der Waals surface area contributed by atoms with E-state index in [1.807, 2.05) is 18.2 Å². The highest BCUT2D eigenvalue weighted by atomic mass is 127. The standard InChI is InChI=1S/C11H7BrClIN2O/c1-17-9-3-2-6(12)4-7(9)11-15-5-8(14)10(13)16-11/h2-5H,1H3. The first kappa shape index (κ1) is 13.0. The zero-order chi connectivity index (χ0) is 12.4. The Morgan fingerprint density at radius 3 is 2.82 bits per heavy atom. The quantitative estimate of drug-likeness (QED) is 0.535. The van der Waals surface area contributed by atoms with Gasteiger partial charge in [-0.15, -0.1) is 0 Å². The summed E-state index contributed by atoms with van der Waals surface area (Å²) in [5.41, 5.74) is 0.806. The molecule has 0 N–H and O–H groups in total. The van der Waals surface area contributed by atoms with Gasteiger partial charge in [-0.2, -0.15) is 0 Å². The molecule has 0 saturated heterocycles. The van der Waals surface area contributed by atoms with Crippen LogP contribution in [0.5, 0.6) is 5.75 Å². The van der Waals surface area contributed by atoms with E-state index >= 15 is 0 Å². The summed E-state index contributed by atoms with van der Waals surface area (Å²) in [6.45, 7) is 0. The molecule has 0 unspecified atom stereocenters. The van der Waals surface area contributed by atoms with Crippen molar-refractivity contribution in [2.24, 2.45) is 0 Å². The van der Waals surface area contributed by atoms with Crippen molar-refractivity contribution in [2.45, 2.75) is 0 Å². The molecule has 3 nitrogen and oxygen atoms in total. The minimum atomic E-state index is 0.442. The maximum Gasteiger partial charge on any atom is 0.164 e. The van der Waals surface area contributed by atoms with E-state index in [9.17, 15) is 0 Å². The molecular formula is C11H7BrClIN2O. The van der Waals surface area contributed by atoms with Crippen LogP contribution in [0.2, 0.25) is 5.15 Å². The number of benzene rings is 1. The number of hydrogen-bond donors (Lipinski definition) is 0. The number of nitrogens with zero attached hydrogens (tertiary/aromatic N) is 2. The van der Waals surface area contributed by atoms with Crippen LogP contribution in [0, 0.1) is 3.57 Å². The van der Waals surface area contributed by atoms with Crippen LogP contribution in [0.1, 0.15) is 0 Å². The van der Waals surface area contributed by atoms with Crippen LogP contribution >= 0.6 is 50.1 Å². The number of halogens is 3. The summed E-state index contributed by atoms with van der Waals surface area (Å²) in [6.07, 6.45) is 1.69. The maximum atomic E-state index is 5.99. The number of hydrogen-bond acceptors (Lipinski definition) is 3. The largest absolute Gasteiger partial charge is 0.496 e. The Bertz CT molecular complexity index is 565. The van der Waals surface area contributed by atoms with E-state index in [0.29, 0.717) is 16.7 Å². The molecule has 0 aliphatic rings. The van der Waals surface area contributed by atoms with E-state index < -0.39 is 0 Å². The fraction of sp³-hybridized carbons (Fsp3) is 0.0909. The van der Waals surface area contributed by atoms with Gasteiger partial charge in [0.05, 0.1) is 16.2 Å². The second-order valence-corrected chi connectivity index (χ2v) is 5.61. The fourth-order valence-electron chi connectivity index (χ4n) is 1.33. The molecule has 2 aromatic rings. The van der Waals surface area contributed by atoms with Crippen molar-refractivity contribution in [1.82, 2.24) is 9.97 Å². The zero-order valence-electron chi connectivity index (χ0n) is 8.75. The van der Waals surface area contributed by atoms with Gasteiger partial charge in [-0.1, -0.05) is 27.5 Å². The molecule has 2 rings (SSSR count). The molecule has 0 spiro atoms. The lowest BCUT2D eigenvalue weighted by Gasteiger charge is -2.08. The molecule has 0 bridgehead atoms. The number of aromatic nitrogens is 2. The first-order valence-electron chi connectivity index (χ1n) is 4.64. The van der Waals surface area contributed by atoms with E-state index in [2.05, 4.69) is 48.5 Å². The van der Waals surface area contributed by atoms with Crippen molar-refractivity contribution >= 4 is 50.1 Å². The first-order chi connectivity index (χ1) is 8.11. The Balaban J connectivity index is 2.58. The van der Waals surface area contributed by atoms with Crippen molar-refractivity contribution in [1.29, 1.82) is 0 Å². The molecule has 0 atom stereocenters. The Morgan fingerprint density at radius 1 is 1.41 bits per heavy atom. The van der Waals surface area contributed by atoms with Gasteiger partial charge in [0.25, 0.3) is 0 Å². The molecule has 0 saturated carbocycles. The lowest BCUT2D eigenvalue weighted by atomic mass is 10.2. The first-order valence-corrected chi connectivity index (χ1v) is 6.88. The molecule has 0 radical (unpaired) electrons. The highest BCUT2D eigenvalue weighted by molar-refractivity contribution is 14.1. The third-order valence-electron chi connectivity index (χ3n) is 2.10. The third-order valence-corrected chi connectivity index (χ3v) is 3.99. The average Bonchev–Trinajstić information content (AvgIpc) is 2.32. The molecule has 17 heavy (non-hydrogen) atoms. The lowest BCUT2D eigenvalue weighted by Crippen LogP contribution is -1.94. The number of ether oxygens (including phenoxy) is 1. The Morgan fingerprint density at radius 2 is 2.18 bits per heavy atom. The summed E-state index contributed by atoms with van der Waals surface area (Å²) in [7, 11) is 1.61. The van der Waals surface area contributed by atoms with Crippen molar-refractivity contribution in [3.8, 4) is 17.1 Å². The second-order valence-electron chi connectivity index (χ2n) is 3.18. The Kier molecular flexibility index (Phi) is 4.22. The smallest absolute Gasteiger partial charge is 0.164 e. The van der Waals surface area contributed by atoms with Crippen LogP contribution in [0.25, 0.3) is 11.4 Å². The Hall–Kier alpha value is -0.400. The monoisotopic (exact) mass is 424 g/mol. The lowest BCUT2D eigenvalue weighted by molar-refractivity contribution is 0.416. The van der Waals surface area contributed by atoms with Gasteiger partial charge in [0.1, 0.15) is 10.9 Å². The van der Waals surface area contributed by atoms with Crippen LogP contribution in [0.4, 0.5) is 0 Å². The van der Waals surface area contributed by atoms with Gasteiger partial charge >= 0.3 is 0 Å². The third kappa shape index (κ3) is 2.89. The minimum Gasteiger partial charge on any atom is -0.496 e. The van der Waals surface area contributed by atoms with Crippen molar-refractivity contribution in [3.05, 3.63) is 37.6 Å². The van der Waals surface area contributed by atoms with E-state index in [-0.39, 0.29) is 0 Å². The van der Waals surface area contributed by atoms with Crippen LogP contribution in [0.3, 0.4) is 0 Å². The summed E-state index contributed by atoms with van der Waals surface area (Å²) in [5, 5.41) is 0.442. The topological polar surface area (TPSA) is 35.0 Å². The van der Waals surface area contributed by atoms with Gasteiger partial charge in [0, 0.05) is 10.7 Å². The predicted octanol–water partition coefficient (Wildman–Crippen LogP) is 4.17. The van der Waals surface area contributed by atoms with Gasteiger partial charge in [-0.3, -0.25) is 0 Å². The SMILES string of the molecule is COc1ccc(Br)cc1-c1ncc(I)c(Cl)n1. The highest BCUT2D eigenvalue weighted by Crippen LogP contribution is 2.31. The molecule has 6 heteroatoms. The van der Waals surface area contributed by atoms with Gasteiger partial charge in [-0.25, -0.2) is 9.97 Å². The molecular weight excluding hydrogens is 418 g/mol. The van der Waals surface area contributed by atoms with Crippen LogP contribution in [-0.2, 0) is 0 Å². The molecule has 0 fully saturated rings. The van der Waals surface area contributed by atoms with Crippen molar-refractivity contribution in [2.75, 3.05) is 7.11 Å². The Labute approximate surface area is 126 Å². The van der Waals surface area contributed by atoms with Gasteiger partial charge in [-0.05, 0) is 40.8 Å². The summed E-state index contributed by atoms with van der Waals surface area (Å²) >= 11 is 11.5. The van der Waals surface area contributed by atoms with E-state index in [4.69, 9.17) is 16.3 Å². The number of methoxy groups -OCH3 is 1. The predicted molar refractivity (Wildman–Crippen MR) is 79.4 cm³/mol. The molecule has 1 aromatic heterocycles. The number of rotatable bonds is 2. The molecule has 88 valence electrons. The van der Waals surface area contributed by atoms with Crippen LogP contribution in [0.15, 0.2) is 28.9 Å². The summed E-state index contributed by atoms with van der Waals surface area (Å²) < 4.78 is 7.04. The van der Waals surface area contributed by atoms with E-state index in [1.165, 1.54) is 0 Å². The van der Waals surface area contributed by atoms with Crippen molar-refractivity contribution < 1.29 is 4.74 Å². The van der Waals surface area contributed by atoms with E-state index in [0.717, 1.165) is 13.6 Å². The maximum absolute atomic E-state index is 5.99. The normalized spacial score (nSPS) is 10.4.